The van der Waals surface area contributed by atoms with Gasteiger partial charge in [-0.15, -0.1) is 0 Å². The van der Waals surface area contributed by atoms with Gasteiger partial charge in [0.2, 0.25) is 0 Å². The summed E-state index contributed by atoms with van der Waals surface area (Å²) in [6, 6.07) is 14.8. The predicted molar refractivity (Wildman–Crippen MR) is 118 cm³/mol. The van der Waals surface area contributed by atoms with E-state index in [0.717, 1.165) is 22.7 Å². The van der Waals surface area contributed by atoms with Crippen LogP contribution in [0.15, 0.2) is 67.0 Å². The van der Waals surface area contributed by atoms with E-state index in [9.17, 15) is 9.18 Å². The van der Waals surface area contributed by atoms with Gasteiger partial charge in [0.15, 0.2) is 17.3 Å². The van der Waals surface area contributed by atoms with Gasteiger partial charge in [-0.25, -0.2) is 4.39 Å². The van der Waals surface area contributed by atoms with E-state index in [1.165, 1.54) is 19.2 Å². The van der Waals surface area contributed by atoms with Crippen LogP contribution >= 0.6 is 11.5 Å². The normalized spacial score (nSPS) is 10.6. The van der Waals surface area contributed by atoms with Gasteiger partial charge in [0.25, 0.3) is 11.1 Å². The molecule has 0 radical (unpaired) electrons. The first-order valence-electron chi connectivity index (χ1n) is 9.71. The third-order valence-corrected chi connectivity index (χ3v) is 5.18. The van der Waals surface area contributed by atoms with Crippen LogP contribution in [0.25, 0.3) is 0 Å². The molecule has 2 heterocycles. The topological polar surface area (TPSA) is 86.2 Å². The molecule has 2 aromatic heterocycles. The Morgan fingerprint density at radius 2 is 1.81 bits per heavy atom. The van der Waals surface area contributed by atoms with Crippen LogP contribution in [0.1, 0.15) is 27.3 Å². The maximum Gasteiger partial charge on any atom is 0.298 e. The highest BCUT2D eigenvalue weighted by molar-refractivity contribution is 7.07. The largest absolute Gasteiger partial charge is 0.493 e. The van der Waals surface area contributed by atoms with Crippen molar-refractivity contribution in [2.45, 2.75) is 13.0 Å². The number of benzene rings is 2. The molecule has 0 spiro atoms. The number of pyridine rings is 1. The molecule has 0 saturated heterocycles. The van der Waals surface area contributed by atoms with Gasteiger partial charge in [-0.1, -0.05) is 12.1 Å². The van der Waals surface area contributed by atoms with Gasteiger partial charge in [-0.05, 0) is 53.6 Å². The zero-order valence-corrected chi connectivity index (χ0v) is 17.9. The number of ether oxygens (including phenoxy) is 2. The highest BCUT2D eigenvalue weighted by Crippen LogP contribution is 2.33. The maximum absolute atomic E-state index is 13.1. The third kappa shape index (κ3) is 5.44. The molecule has 0 bridgehead atoms. The minimum Gasteiger partial charge on any atom is -0.493 e. The third-order valence-electron chi connectivity index (χ3n) is 4.55. The number of carbonyl (C=O) groups is 1. The second-order valence-corrected chi connectivity index (χ2v) is 7.50. The Balaban J connectivity index is 1.45. The average molecular weight is 450 g/mol. The van der Waals surface area contributed by atoms with Crippen molar-refractivity contribution < 1.29 is 18.7 Å². The fraction of sp³-hybridized carbons (Fsp3) is 0.130. The number of halogens is 1. The first-order chi connectivity index (χ1) is 15.6. The number of aromatic nitrogens is 3. The first-order valence-corrected chi connectivity index (χ1v) is 10.5. The van der Waals surface area contributed by atoms with Gasteiger partial charge in [-0.3, -0.25) is 9.78 Å². The molecule has 4 aromatic rings. The Hall–Kier alpha value is -3.85. The molecule has 32 heavy (non-hydrogen) atoms. The van der Waals surface area contributed by atoms with E-state index < -0.39 is 0 Å². The van der Waals surface area contributed by atoms with Crippen LogP contribution in [0.4, 0.5) is 4.39 Å². The monoisotopic (exact) mass is 450 g/mol. The van der Waals surface area contributed by atoms with Gasteiger partial charge < -0.3 is 14.8 Å². The Morgan fingerprint density at radius 3 is 2.56 bits per heavy atom. The molecule has 0 aliphatic carbocycles. The molecule has 0 atom stereocenters. The van der Waals surface area contributed by atoms with Crippen LogP contribution in [0.3, 0.4) is 0 Å². The Kier molecular flexibility index (Phi) is 6.66. The summed E-state index contributed by atoms with van der Waals surface area (Å²) < 4.78 is 28.6. The van der Waals surface area contributed by atoms with E-state index in [4.69, 9.17) is 9.47 Å². The smallest absolute Gasteiger partial charge is 0.298 e. The van der Waals surface area contributed by atoms with Crippen molar-refractivity contribution in [2.24, 2.45) is 0 Å². The zero-order chi connectivity index (χ0) is 22.3. The second-order valence-electron chi connectivity index (χ2n) is 6.79. The molecule has 0 aliphatic heterocycles. The number of nitrogens with one attached hydrogen (secondary N) is 1. The van der Waals surface area contributed by atoms with E-state index in [-0.39, 0.29) is 11.7 Å². The summed E-state index contributed by atoms with van der Waals surface area (Å²) in [5.74, 6) is 0.839. The lowest BCUT2D eigenvalue weighted by Gasteiger charge is -2.10. The van der Waals surface area contributed by atoms with Crippen LogP contribution < -0.4 is 14.8 Å². The quantitative estimate of drug-likeness (QED) is 0.428. The van der Waals surface area contributed by atoms with Crippen LogP contribution in [0.2, 0.25) is 0 Å². The molecule has 0 saturated carbocycles. The number of hydrogen-bond donors (Lipinski definition) is 1. The molecule has 4 rings (SSSR count). The van der Waals surface area contributed by atoms with Crippen molar-refractivity contribution in [1.82, 2.24) is 19.7 Å². The molecule has 2 aromatic carbocycles. The summed E-state index contributed by atoms with van der Waals surface area (Å²) in [6.45, 7) is 0.382. The van der Waals surface area contributed by atoms with E-state index >= 15 is 0 Å². The number of nitrogens with zero attached hydrogens (tertiary/aromatic N) is 3. The van der Waals surface area contributed by atoms with E-state index in [1.807, 2.05) is 12.1 Å². The van der Waals surface area contributed by atoms with Gasteiger partial charge in [0.05, 0.1) is 7.11 Å². The number of carbonyl (C=O) groups excluding carboxylic acids is 1. The summed E-state index contributed by atoms with van der Waals surface area (Å²) in [5.41, 5.74) is 2.26. The predicted octanol–water partition coefficient (Wildman–Crippen LogP) is 4.39. The van der Waals surface area contributed by atoms with Gasteiger partial charge >= 0.3 is 0 Å². The molecule has 0 unspecified atom stereocenters. The Bertz CT molecular complexity index is 1200. The number of amides is 1. The van der Waals surface area contributed by atoms with Crippen LogP contribution in [-0.2, 0) is 13.0 Å². The molecule has 9 heteroatoms. The minimum atomic E-state index is -0.291. The van der Waals surface area contributed by atoms with Gasteiger partial charge in [0.1, 0.15) is 5.82 Å². The zero-order valence-electron chi connectivity index (χ0n) is 17.1. The number of rotatable bonds is 8. The maximum atomic E-state index is 13.1. The lowest BCUT2D eigenvalue weighted by molar-refractivity contribution is 0.0950. The average Bonchev–Trinajstić information content (AvgIpc) is 3.26. The SMILES string of the molecule is COc1ccc(C(=O)NCc2ccncc2)cc1Oc1nc(Cc2ccc(F)cc2)ns1. The Labute approximate surface area is 188 Å². The standard InChI is InChI=1S/C23H19FN4O3S/c1-30-19-7-4-17(22(29)26-14-16-8-10-25-11-9-16)13-20(19)31-23-27-21(28-32-23)12-15-2-5-18(24)6-3-15/h2-11,13H,12,14H2,1H3,(H,26,29). The van der Waals surface area contributed by atoms with Crippen LogP contribution in [-0.4, -0.2) is 27.4 Å². The minimum absolute atomic E-state index is 0.247. The summed E-state index contributed by atoms with van der Waals surface area (Å²) in [6.07, 6.45) is 3.80. The lowest BCUT2D eigenvalue weighted by Crippen LogP contribution is -2.22. The summed E-state index contributed by atoms with van der Waals surface area (Å²) in [4.78, 5) is 20.9. The summed E-state index contributed by atoms with van der Waals surface area (Å²) >= 11 is 1.09. The van der Waals surface area contributed by atoms with E-state index in [0.29, 0.717) is 41.0 Å². The van der Waals surface area contributed by atoms with Crippen molar-refractivity contribution >= 4 is 17.4 Å². The summed E-state index contributed by atoms with van der Waals surface area (Å²) in [7, 11) is 1.52. The van der Waals surface area contributed by atoms with Crippen molar-refractivity contribution in [3.8, 4) is 16.7 Å². The highest BCUT2D eigenvalue weighted by Gasteiger charge is 2.14. The summed E-state index contributed by atoms with van der Waals surface area (Å²) in [5, 5.41) is 3.18. The van der Waals surface area contributed by atoms with Gasteiger partial charge in [-0.2, -0.15) is 9.36 Å². The van der Waals surface area contributed by atoms with Crippen molar-refractivity contribution in [2.75, 3.05) is 7.11 Å². The number of methoxy groups -OCH3 is 1. The molecular formula is C23H19FN4O3S. The molecule has 0 fully saturated rings. The van der Waals surface area contributed by atoms with E-state index in [1.54, 1.807) is 42.7 Å². The number of hydrogen-bond acceptors (Lipinski definition) is 7. The van der Waals surface area contributed by atoms with E-state index in [2.05, 4.69) is 19.7 Å². The van der Waals surface area contributed by atoms with Crippen molar-refractivity contribution in [3.05, 3.63) is 95.3 Å². The Morgan fingerprint density at radius 1 is 1.03 bits per heavy atom. The molecule has 1 amide bonds. The van der Waals surface area contributed by atoms with Gasteiger partial charge in [0, 0.05) is 42.5 Å². The highest BCUT2D eigenvalue weighted by atomic mass is 32.1. The lowest BCUT2D eigenvalue weighted by atomic mass is 10.1. The fourth-order valence-electron chi connectivity index (χ4n) is 2.91. The molecule has 162 valence electrons. The second kappa shape index (κ2) is 9.97. The van der Waals surface area contributed by atoms with Crippen molar-refractivity contribution in [1.29, 1.82) is 0 Å². The van der Waals surface area contributed by atoms with Crippen LogP contribution in [0, 0.1) is 5.82 Å². The van der Waals surface area contributed by atoms with Crippen LogP contribution in [0.5, 0.6) is 16.7 Å². The molecule has 1 N–H and O–H groups in total. The molecular weight excluding hydrogens is 431 g/mol. The first kappa shape index (κ1) is 21.4. The molecule has 0 aliphatic rings. The molecule has 7 nitrogen and oxygen atoms in total. The fourth-order valence-corrected chi connectivity index (χ4v) is 3.47. The van der Waals surface area contributed by atoms with Crippen molar-refractivity contribution in [3.63, 3.8) is 0 Å².